The molecular weight excluding hydrogens is 278 g/mol. The van der Waals surface area contributed by atoms with Crippen molar-refractivity contribution in [3.05, 3.63) is 24.0 Å². The number of aliphatic hydroxyl groups is 2. The molecule has 1 fully saturated rings. The van der Waals surface area contributed by atoms with E-state index in [0.717, 1.165) is 22.5 Å². The lowest BCUT2D eigenvalue weighted by atomic mass is 9.95. The summed E-state index contributed by atoms with van der Waals surface area (Å²) in [6.45, 7) is 1.72. The molecule has 5 heteroatoms. The average molecular weight is 303 g/mol. The summed E-state index contributed by atoms with van der Waals surface area (Å²) in [5.41, 5.74) is 2.97. The van der Waals surface area contributed by atoms with Crippen molar-refractivity contribution in [2.24, 2.45) is 0 Å². The van der Waals surface area contributed by atoms with Crippen LogP contribution in [0.15, 0.2) is 18.2 Å². The van der Waals surface area contributed by atoms with Gasteiger partial charge in [0.25, 0.3) is 0 Å². The number of aliphatic hydroxyl groups excluding tert-OH is 2. The Hall–Kier alpha value is -1.59. The van der Waals surface area contributed by atoms with Crippen LogP contribution < -0.4 is 5.32 Å². The van der Waals surface area contributed by atoms with Gasteiger partial charge in [-0.15, -0.1) is 0 Å². The Morgan fingerprint density at radius 3 is 2.64 bits per heavy atom. The van der Waals surface area contributed by atoms with E-state index < -0.39 is 0 Å². The molecule has 22 heavy (non-hydrogen) atoms. The highest BCUT2D eigenvalue weighted by molar-refractivity contribution is 5.80. The van der Waals surface area contributed by atoms with Crippen LogP contribution in [0.2, 0.25) is 0 Å². The molecule has 1 aromatic heterocycles. The van der Waals surface area contributed by atoms with Crippen molar-refractivity contribution in [3.63, 3.8) is 0 Å². The first-order valence-electron chi connectivity index (χ1n) is 8.19. The van der Waals surface area contributed by atoms with Crippen LogP contribution in [-0.4, -0.2) is 39.0 Å². The first-order chi connectivity index (χ1) is 10.7. The molecule has 1 heterocycles. The van der Waals surface area contributed by atoms with Crippen LogP contribution in [0.5, 0.6) is 0 Å². The van der Waals surface area contributed by atoms with Crippen molar-refractivity contribution in [3.8, 4) is 0 Å². The Labute approximate surface area is 131 Å². The summed E-state index contributed by atoms with van der Waals surface area (Å²) in [6, 6.07) is 6.40. The summed E-state index contributed by atoms with van der Waals surface area (Å²) < 4.78 is 1.92. The Kier molecular flexibility index (Phi) is 4.64. The molecule has 0 spiro atoms. The topological polar surface area (TPSA) is 70.3 Å². The second-order valence-corrected chi connectivity index (χ2v) is 6.23. The number of nitrogens with one attached hydrogen (secondary N) is 1. The Bertz CT molecular complexity index is 628. The van der Waals surface area contributed by atoms with Crippen molar-refractivity contribution >= 4 is 16.7 Å². The van der Waals surface area contributed by atoms with Gasteiger partial charge in [0.15, 0.2) is 0 Å². The molecule has 1 saturated carbocycles. The quantitative estimate of drug-likeness (QED) is 0.794. The zero-order valence-electron chi connectivity index (χ0n) is 13.1. The van der Waals surface area contributed by atoms with Crippen molar-refractivity contribution in [1.82, 2.24) is 9.55 Å². The zero-order valence-corrected chi connectivity index (χ0v) is 13.1. The van der Waals surface area contributed by atoms with Crippen molar-refractivity contribution in [1.29, 1.82) is 0 Å². The molecule has 120 valence electrons. The van der Waals surface area contributed by atoms with E-state index in [0.29, 0.717) is 6.04 Å². The van der Waals surface area contributed by atoms with Crippen molar-refractivity contribution in [2.45, 2.75) is 51.1 Å². The normalized spacial score (nSPS) is 16.5. The standard InChI is InChI=1S/C17H25N3O2/c1-12-18-16-9-14(19-13-5-3-2-4-6-13)7-8-17(16)20(12)15(10-21)11-22/h7-9,13,15,19,21-22H,2-6,10-11H2,1H3. The summed E-state index contributed by atoms with van der Waals surface area (Å²) in [5.74, 6) is 0.818. The smallest absolute Gasteiger partial charge is 0.107 e. The number of nitrogens with zero attached hydrogens (tertiary/aromatic N) is 2. The molecule has 0 radical (unpaired) electrons. The number of hydrogen-bond donors (Lipinski definition) is 3. The fourth-order valence-electron chi connectivity index (χ4n) is 3.47. The van der Waals surface area contributed by atoms with E-state index in [4.69, 9.17) is 0 Å². The minimum atomic E-state index is -0.331. The van der Waals surface area contributed by atoms with Gasteiger partial charge >= 0.3 is 0 Å². The number of fused-ring (bicyclic) bond motifs is 1. The van der Waals surface area contributed by atoms with Crippen LogP contribution >= 0.6 is 0 Å². The third-order valence-electron chi connectivity index (χ3n) is 4.63. The number of rotatable bonds is 5. The molecule has 5 nitrogen and oxygen atoms in total. The molecule has 0 aliphatic heterocycles. The molecule has 1 aliphatic rings. The van der Waals surface area contributed by atoms with E-state index in [1.807, 2.05) is 17.6 Å². The van der Waals surface area contributed by atoms with Crippen LogP contribution in [0.1, 0.15) is 44.0 Å². The molecule has 3 rings (SSSR count). The van der Waals surface area contributed by atoms with E-state index in [1.165, 1.54) is 32.1 Å². The molecule has 0 bridgehead atoms. The van der Waals surface area contributed by atoms with E-state index >= 15 is 0 Å². The van der Waals surface area contributed by atoms with E-state index in [-0.39, 0.29) is 19.3 Å². The fraction of sp³-hybridized carbons (Fsp3) is 0.588. The average Bonchev–Trinajstić information content (AvgIpc) is 2.85. The van der Waals surface area contributed by atoms with Crippen molar-refractivity contribution in [2.75, 3.05) is 18.5 Å². The maximum absolute atomic E-state index is 9.43. The summed E-state index contributed by atoms with van der Waals surface area (Å²) in [5, 5.41) is 22.5. The van der Waals surface area contributed by atoms with Gasteiger partial charge in [0.05, 0.1) is 30.3 Å². The molecule has 0 atom stereocenters. The first kappa shape index (κ1) is 15.3. The predicted molar refractivity (Wildman–Crippen MR) is 88.2 cm³/mol. The lowest BCUT2D eigenvalue weighted by molar-refractivity contribution is 0.155. The van der Waals surface area contributed by atoms with Gasteiger partial charge in [0.1, 0.15) is 5.82 Å². The third-order valence-corrected chi connectivity index (χ3v) is 4.63. The van der Waals surface area contributed by atoms with Gasteiger partial charge in [0.2, 0.25) is 0 Å². The van der Waals surface area contributed by atoms with Gasteiger partial charge in [-0.3, -0.25) is 0 Å². The van der Waals surface area contributed by atoms with Crippen LogP contribution in [0.4, 0.5) is 5.69 Å². The molecule has 0 saturated heterocycles. The van der Waals surface area contributed by atoms with Crippen LogP contribution in [0, 0.1) is 6.92 Å². The van der Waals surface area contributed by atoms with Gasteiger partial charge in [-0.2, -0.15) is 0 Å². The monoisotopic (exact) mass is 303 g/mol. The van der Waals surface area contributed by atoms with E-state index in [2.05, 4.69) is 22.4 Å². The van der Waals surface area contributed by atoms with Crippen LogP contribution in [0.25, 0.3) is 11.0 Å². The first-order valence-corrected chi connectivity index (χ1v) is 8.19. The summed E-state index contributed by atoms with van der Waals surface area (Å²) in [6.07, 6.45) is 6.44. The van der Waals surface area contributed by atoms with Gasteiger partial charge in [-0.05, 0) is 38.0 Å². The highest BCUT2D eigenvalue weighted by atomic mass is 16.3. The number of imidazole rings is 1. The second kappa shape index (κ2) is 6.67. The third kappa shape index (κ3) is 2.96. The fourth-order valence-corrected chi connectivity index (χ4v) is 3.47. The maximum Gasteiger partial charge on any atom is 0.107 e. The second-order valence-electron chi connectivity index (χ2n) is 6.23. The number of aromatic nitrogens is 2. The number of aryl methyl sites for hydroxylation is 1. The minimum absolute atomic E-state index is 0.0924. The molecule has 3 N–H and O–H groups in total. The summed E-state index contributed by atoms with van der Waals surface area (Å²) >= 11 is 0. The molecular formula is C17H25N3O2. The van der Waals surface area contributed by atoms with Gasteiger partial charge in [-0.1, -0.05) is 19.3 Å². The van der Waals surface area contributed by atoms with E-state index in [1.54, 1.807) is 0 Å². The Morgan fingerprint density at radius 1 is 1.23 bits per heavy atom. The highest BCUT2D eigenvalue weighted by Crippen LogP contribution is 2.26. The maximum atomic E-state index is 9.43. The summed E-state index contributed by atoms with van der Waals surface area (Å²) in [7, 11) is 0. The number of hydrogen-bond acceptors (Lipinski definition) is 4. The number of benzene rings is 1. The van der Waals surface area contributed by atoms with Crippen molar-refractivity contribution < 1.29 is 10.2 Å². The van der Waals surface area contributed by atoms with Crippen LogP contribution in [0.3, 0.4) is 0 Å². The van der Waals surface area contributed by atoms with Gasteiger partial charge in [-0.25, -0.2) is 4.98 Å². The minimum Gasteiger partial charge on any atom is -0.394 e. The zero-order chi connectivity index (χ0) is 15.5. The highest BCUT2D eigenvalue weighted by Gasteiger charge is 2.17. The molecule has 0 amide bonds. The van der Waals surface area contributed by atoms with Crippen LogP contribution in [-0.2, 0) is 0 Å². The van der Waals surface area contributed by atoms with Gasteiger partial charge in [0, 0.05) is 11.7 Å². The summed E-state index contributed by atoms with van der Waals surface area (Å²) in [4.78, 5) is 4.58. The largest absolute Gasteiger partial charge is 0.394 e. The Balaban J connectivity index is 1.87. The Morgan fingerprint density at radius 2 is 1.95 bits per heavy atom. The molecule has 1 aliphatic carbocycles. The lowest BCUT2D eigenvalue weighted by Crippen LogP contribution is -2.22. The lowest BCUT2D eigenvalue weighted by Gasteiger charge is -2.23. The van der Waals surface area contributed by atoms with Gasteiger partial charge < -0.3 is 20.1 Å². The molecule has 2 aromatic rings. The molecule has 0 unspecified atom stereocenters. The number of anilines is 1. The van der Waals surface area contributed by atoms with E-state index in [9.17, 15) is 10.2 Å². The molecule has 1 aromatic carbocycles. The SMILES string of the molecule is Cc1nc2cc(NC3CCCCC3)ccc2n1C(CO)CO. The predicted octanol–water partition coefficient (Wildman–Crippen LogP) is 2.62.